The van der Waals surface area contributed by atoms with Crippen LogP contribution in [0.3, 0.4) is 0 Å². The van der Waals surface area contributed by atoms with Crippen LogP contribution in [0.15, 0.2) is 0 Å². The van der Waals surface area contributed by atoms with Crippen LogP contribution in [0.2, 0.25) is 0 Å². The summed E-state index contributed by atoms with van der Waals surface area (Å²) in [5.74, 6) is -0.0559. The van der Waals surface area contributed by atoms with Crippen LogP contribution in [0.4, 0.5) is 0 Å². The van der Waals surface area contributed by atoms with Crippen molar-refractivity contribution in [2.24, 2.45) is 28.9 Å². The summed E-state index contributed by atoms with van der Waals surface area (Å²) in [5, 5.41) is 15.7. The molecule has 1 spiro atoms. The lowest BCUT2D eigenvalue weighted by Gasteiger charge is -2.49. The summed E-state index contributed by atoms with van der Waals surface area (Å²) in [4.78, 5) is 23.3. The van der Waals surface area contributed by atoms with E-state index in [1.807, 2.05) is 0 Å². The van der Waals surface area contributed by atoms with Crippen molar-refractivity contribution in [2.75, 3.05) is 13.1 Å². The van der Waals surface area contributed by atoms with E-state index in [0.29, 0.717) is 6.42 Å². The van der Waals surface area contributed by atoms with Crippen molar-refractivity contribution in [3.63, 3.8) is 0 Å². The molecule has 1 saturated carbocycles. The zero-order chi connectivity index (χ0) is 15.7. The second kappa shape index (κ2) is 5.88. The Hall–Kier alpha value is -1.61. The first-order chi connectivity index (χ1) is 10.6. The van der Waals surface area contributed by atoms with Crippen molar-refractivity contribution >= 4 is 11.8 Å². The quantitative estimate of drug-likeness (QED) is 0.693. The van der Waals surface area contributed by atoms with E-state index in [0.717, 1.165) is 45.2 Å². The van der Waals surface area contributed by atoms with Crippen molar-refractivity contribution in [3.8, 4) is 6.07 Å². The number of nitrogens with one attached hydrogen (secondary N) is 2. The Morgan fingerprint density at radius 1 is 1.50 bits per heavy atom. The van der Waals surface area contributed by atoms with Crippen LogP contribution in [0.1, 0.15) is 38.5 Å². The second-order valence-electron chi connectivity index (χ2n) is 7.15. The van der Waals surface area contributed by atoms with Crippen molar-refractivity contribution in [2.45, 2.75) is 44.6 Å². The highest BCUT2D eigenvalue weighted by atomic mass is 16.2. The molecule has 0 aromatic heterocycles. The number of nitrogens with two attached hydrogens (primary N) is 1. The van der Waals surface area contributed by atoms with Crippen LogP contribution in [0.5, 0.6) is 0 Å². The van der Waals surface area contributed by atoms with Crippen LogP contribution in [0, 0.1) is 34.5 Å². The van der Waals surface area contributed by atoms with Gasteiger partial charge in [-0.2, -0.15) is 5.26 Å². The fourth-order valence-corrected chi connectivity index (χ4v) is 4.57. The largest absolute Gasteiger partial charge is 0.368 e. The number of amides is 2. The molecule has 3 rings (SSSR count). The van der Waals surface area contributed by atoms with Gasteiger partial charge in [-0.1, -0.05) is 0 Å². The number of rotatable bonds is 4. The molecule has 2 saturated heterocycles. The van der Waals surface area contributed by atoms with Crippen LogP contribution in [-0.4, -0.2) is 30.9 Å². The molecular formula is C16H24N4O2. The smallest absolute Gasteiger partial charge is 0.234 e. The van der Waals surface area contributed by atoms with E-state index in [9.17, 15) is 14.9 Å². The van der Waals surface area contributed by atoms with Crippen molar-refractivity contribution in [3.05, 3.63) is 0 Å². The highest BCUT2D eigenvalue weighted by Crippen LogP contribution is 2.56. The molecule has 6 nitrogen and oxygen atoms in total. The van der Waals surface area contributed by atoms with Crippen molar-refractivity contribution in [1.82, 2.24) is 10.6 Å². The van der Waals surface area contributed by atoms with Gasteiger partial charge < -0.3 is 16.4 Å². The Morgan fingerprint density at radius 2 is 2.32 bits per heavy atom. The van der Waals surface area contributed by atoms with Gasteiger partial charge in [-0.15, -0.1) is 0 Å². The number of carbonyl (C=O) groups excluding carboxylic acids is 2. The number of hydrogen-bond acceptors (Lipinski definition) is 4. The molecule has 0 aromatic carbocycles. The number of primary amides is 1. The van der Waals surface area contributed by atoms with Gasteiger partial charge in [-0.3, -0.25) is 9.59 Å². The lowest BCUT2D eigenvalue weighted by Crippen LogP contribution is -2.47. The molecule has 5 atom stereocenters. The minimum Gasteiger partial charge on any atom is -0.368 e. The van der Waals surface area contributed by atoms with Crippen molar-refractivity contribution in [1.29, 1.82) is 5.26 Å². The third-order valence-electron chi connectivity index (χ3n) is 5.98. The Bertz CT molecular complexity index is 515. The first-order valence-corrected chi connectivity index (χ1v) is 8.26. The fourth-order valence-electron chi connectivity index (χ4n) is 4.57. The Morgan fingerprint density at radius 3 is 2.86 bits per heavy atom. The summed E-state index contributed by atoms with van der Waals surface area (Å²) in [6, 6.07) is 2.18. The summed E-state index contributed by atoms with van der Waals surface area (Å²) >= 11 is 0. The molecule has 2 heterocycles. The molecule has 120 valence electrons. The van der Waals surface area contributed by atoms with Crippen LogP contribution < -0.4 is 16.4 Å². The number of nitriles is 1. The summed E-state index contributed by atoms with van der Waals surface area (Å²) in [5.41, 5.74) is 5.43. The molecule has 2 amide bonds. The molecule has 4 N–H and O–H groups in total. The normalized spacial score (nSPS) is 38.9. The summed E-state index contributed by atoms with van der Waals surface area (Å²) in [6.45, 7) is 1.52. The van der Waals surface area contributed by atoms with Gasteiger partial charge in [0.25, 0.3) is 0 Å². The molecule has 1 aliphatic carbocycles. The minimum absolute atomic E-state index is 0.0302. The molecule has 3 fully saturated rings. The molecule has 3 unspecified atom stereocenters. The van der Waals surface area contributed by atoms with E-state index in [-0.39, 0.29) is 41.0 Å². The summed E-state index contributed by atoms with van der Waals surface area (Å²) in [6.07, 6.45) is 5.32. The molecule has 0 radical (unpaired) electrons. The molecule has 6 heteroatoms. The fraction of sp³-hybridized carbons (Fsp3) is 0.812. The highest BCUT2D eigenvalue weighted by Gasteiger charge is 2.55. The molecule has 0 bridgehead atoms. The van der Waals surface area contributed by atoms with Crippen molar-refractivity contribution < 1.29 is 9.59 Å². The maximum Gasteiger partial charge on any atom is 0.234 e. The molecule has 2 aliphatic heterocycles. The van der Waals surface area contributed by atoms with Gasteiger partial charge in [0.15, 0.2) is 0 Å². The zero-order valence-electron chi connectivity index (χ0n) is 12.8. The van der Waals surface area contributed by atoms with Gasteiger partial charge >= 0.3 is 0 Å². The van der Waals surface area contributed by atoms with E-state index < -0.39 is 0 Å². The van der Waals surface area contributed by atoms with Gasteiger partial charge in [-0.25, -0.2) is 0 Å². The van der Waals surface area contributed by atoms with Crippen LogP contribution in [0.25, 0.3) is 0 Å². The van der Waals surface area contributed by atoms with E-state index in [4.69, 9.17) is 5.73 Å². The van der Waals surface area contributed by atoms with Crippen LogP contribution >= 0.6 is 0 Å². The zero-order valence-corrected chi connectivity index (χ0v) is 12.8. The Balaban J connectivity index is 1.65. The molecular weight excluding hydrogens is 280 g/mol. The first-order valence-electron chi connectivity index (χ1n) is 8.26. The number of piperidine rings is 1. The summed E-state index contributed by atoms with van der Waals surface area (Å²) in [7, 11) is 0. The summed E-state index contributed by atoms with van der Waals surface area (Å²) < 4.78 is 0. The van der Waals surface area contributed by atoms with Crippen LogP contribution in [-0.2, 0) is 9.59 Å². The highest BCUT2D eigenvalue weighted by molar-refractivity contribution is 5.80. The Labute approximate surface area is 130 Å². The lowest BCUT2D eigenvalue weighted by molar-refractivity contribution is -0.127. The average molecular weight is 304 g/mol. The monoisotopic (exact) mass is 304 g/mol. The van der Waals surface area contributed by atoms with E-state index in [1.54, 1.807) is 0 Å². The standard InChI is InChI=1S/C16H24N4O2/c17-8-11(6-10-2-1-5-19-15(10)22)12-3-4-16(12)7-13(14(18)21)20-9-16/h10-13,20H,1-7,9H2,(H2,18,21)(H,19,22)/t10-,11+,12?,13?,16?/m0/s1. The van der Waals surface area contributed by atoms with Gasteiger partial charge in [0.05, 0.1) is 18.0 Å². The van der Waals surface area contributed by atoms with Gasteiger partial charge in [0, 0.05) is 19.0 Å². The molecule has 3 aliphatic rings. The van der Waals surface area contributed by atoms with E-state index in [2.05, 4.69) is 16.7 Å². The maximum absolute atomic E-state index is 11.9. The third-order valence-corrected chi connectivity index (χ3v) is 5.98. The number of hydrogen-bond donors (Lipinski definition) is 3. The second-order valence-corrected chi connectivity index (χ2v) is 7.15. The first kappa shape index (κ1) is 15.3. The predicted molar refractivity (Wildman–Crippen MR) is 80.2 cm³/mol. The van der Waals surface area contributed by atoms with Gasteiger partial charge in [-0.05, 0) is 49.9 Å². The number of nitrogens with zero attached hydrogens (tertiary/aromatic N) is 1. The molecule has 0 aromatic rings. The number of carbonyl (C=O) groups is 2. The SMILES string of the molecule is N#C[C@@H](C[C@@H]1CCCNC1=O)C1CCC12CNC(C(N)=O)C2. The predicted octanol–water partition coefficient (Wildman–Crippen LogP) is 0.286. The lowest BCUT2D eigenvalue weighted by atomic mass is 9.54. The minimum atomic E-state index is -0.303. The Kier molecular flexibility index (Phi) is 4.09. The van der Waals surface area contributed by atoms with E-state index >= 15 is 0 Å². The third kappa shape index (κ3) is 2.58. The van der Waals surface area contributed by atoms with E-state index in [1.165, 1.54) is 0 Å². The molecule has 22 heavy (non-hydrogen) atoms. The average Bonchev–Trinajstić information content (AvgIpc) is 2.95. The topological polar surface area (TPSA) is 108 Å². The van der Waals surface area contributed by atoms with Gasteiger partial charge in [0.1, 0.15) is 0 Å². The van der Waals surface area contributed by atoms with Gasteiger partial charge in [0.2, 0.25) is 11.8 Å². The maximum atomic E-state index is 11.9.